The van der Waals surface area contributed by atoms with Gasteiger partial charge in [0.15, 0.2) is 9.84 Å². The van der Waals surface area contributed by atoms with Gasteiger partial charge in [0.1, 0.15) is 4.75 Å². The molecule has 0 aromatic heterocycles. The largest absolute Gasteiger partial charge is 0.384 e. The number of hydrogen-bond donors (Lipinski definition) is 0. The van der Waals surface area contributed by atoms with Crippen LogP contribution < -0.4 is 0 Å². The number of carbonyl (C=O) groups excluding carboxylic acids is 1. The Hall–Kier alpha value is -0.270. The molecule has 3 saturated heterocycles. The van der Waals surface area contributed by atoms with Crippen molar-refractivity contribution in [3.63, 3.8) is 0 Å². The molecule has 7 heteroatoms. The van der Waals surface area contributed by atoms with Gasteiger partial charge in [-0.15, -0.1) is 0 Å². The molecule has 1 atom stereocenters. The van der Waals surface area contributed by atoms with Gasteiger partial charge < -0.3 is 9.64 Å². The van der Waals surface area contributed by atoms with Crippen LogP contribution in [-0.2, 0) is 19.4 Å². The zero-order chi connectivity index (χ0) is 15.1. The molecule has 0 bridgehead atoms. The van der Waals surface area contributed by atoms with Gasteiger partial charge in [-0.1, -0.05) is 0 Å². The van der Waals surface area contributed by atoms with Gasteiger partial charge in [-0.2, -0.15) is 11.8 Å². The summed E-state index contributed by atoms with van der Waals surface area (Å²) in [4.78, 5) is 14.3. The zero-order valence-electron chi connectivity index (χ0n) is 12.4. The molecule has 0 saturated carbocycles. The summed E-state index contributed by atoms with van der Waals surface area (Å²) in [6.45, 7) is 1.24. The first-order valence-corrected chi connectivity index (χ1v) is 10.4. The summed E-state index contributed by atoms with van der Waals surface area (Å²) in [6.07, 6.45) is 2.53. The molecule has 3 aliphatic rings. The Kier molecular flexibility index (Phi) is 4.27. The van der Waals surface area contributed by atoms with Crippen LogP contribution in [0.3, 0.4) is 0 Å². The van der Waals surface area contributed by atoms with Crippen molar-refractivity contribution in [2.75, 3.05) is 44.1 Å². The third-order valence-electron chi connectivity index (χ3n) is 5.27. The molecule has 3 aliphatic heterocycles. The number of methoxy groups -OCH3 is 1. The summed E-state index contributed by atoms with van der Waals surface area (Å²) in [5.41, 5.74) is 0. The van der Waals surface area contributed by atoms with Crippen molar-refractivity contribution in [3.8, 4) is 0 Å². The Morgan fingerprint density at radius 1 is 1.29 bits per heavy atom. The first kappa shape index (κ1) is 15.6. The van der Waals surface area contributed by atoms with E-state index < -0.39 is 14.6 Å². The number of hydrogen-bond acceptors (Lipinski definition) is 5. The van der Waals surface area contributed by atoms with Crippen LogP contribution in [-0.4, -0.2) is 68.0 Å². The van der Waals surface area contributed by atoms with Crippen LogP contribution in [0.15, 0.2) is 0 Å². The van der Waals surface area contributed by atoms with E-state index in [9.17, 15) is 13.2 Å². The first-order valence-electron chi connectivity index (χ1n) is 7.58. The number of rotatable bonds is 3. The Balaban J connectivity index is 1.68. The summed E-state index contributed by atoms with van der Waals surface area (Å²) in [6, 6.07) is 0. The molecular formula is C14H23NO4S2. The first-order chi connectivity index (χ1) is 10.00. The Bertz CT molecular complexity index is 507. The average molecular weight is 333 g/mol. The molecule has 5 nitrogen and oxygen atoms in total. The van der Waals surface area contributed by atoms with E-state index in [-0.39, 0.29) is 23.5 Å². The maximum atomic E-state index is 12.5. The molecule has 0 unspecified atom stereocenters. The number of sulfone groups is 1. The van der Waals surface area contributed by atoms with E-state index in [1.807, 2.05) is 11.8 Å². The van der Waals surface area contributed by atoms with Gasteiger partial charge in [0, 0.05) is 32.0 Å². The van der Waals surface area contributed by atoms with Crippen molar-refractivity contribution in [1.29, 1.82) is 0 Å². The van der Waals surface area contributed by atoms with Crippen molar-refractivity contribution in [1.82, 2.24) is 4.90 Å². The van der Waals surface area contributed by atoms with Gasteiger partial charge in [-0.25, -0.2) is 8.42 Å². The second-order valence-electron chi connectivity index (χ2n) is 6.41. The Morgan fingerprint density at radius 2 is 1.95 bits per heavy atom. The number of carbonyl (C=O) groups is 1. The molecule has 120 valence electrons. The highest BCUT2D eigenvalue weighted by atomic mass is 32.2. The van der Waals surface area contributed by atoms with Gasteiger partial charge in [0.2, 0.25) is 5.91 Å². The lowest BCUT2D eigenvalue weighted by Gasteiger charge is -2.50. The lowest BCUT2D eigenvalue weighted by Crippen LogP contribution is -2.69. The van der Waals surface area contributed by atoms with Crippen LogP contribution in [0.2, 0.25) is 0 Å². The van der Waals surface area contributed by atoms with Crippen molar-refractivity contribution in [2.24, 2.45) is 11.8 Å². The van der Waals surface area contributed by atoms with Gasteiger partial charge in [-0.05, 0) is 30.8 Å². The lowest BCUT2D eigenvalue weighted by molar-refractivity contribution is -0.142. The number of ether oxygens (including phenoxy) is 1. The standard InChI is InChI=1S/C14H23NO4S2/c1-19-8-12-4-7-21(17,18)14(12)9-15(10-14)13(16)11-2-5-20-6-3-11/h11-12H,2-10H2,1H3/t12-/m1/s1. The smallest absolute Gasteiger partial charge is 0.225 e. The van der Waals surface area contributed by atoms with E-state index in [2.05, 4.69) is 0 Å². The molecule has 1 spiro atoms. The van der Waals surface area contributed by atoms with Gasteiger partial charge in [-0.3, -0.25) is 4.79 Å². The maximum absolute atomic E-state index is 12.5. The van der Waals surface area contributed by atoms with Crippen LogP contribution in [0.1, 0.15) is 19.3 Å². The molecule has 1 amide bonds. The van der Waals surface area contributed by atoms with Gasteiger partial charge in [0.05, 0.1) is 12.4 Å². The van der Waals surface area contributed by atoms with E-state index in [0.717, 1.165) is 24.3 Å². The molecule has 3 heterocycles. The lowest BCUT2D eigenvalue weighted by atomic mass is 9.82. The molecule has 0 aromatic rings. The summed E-state index contributed by atoms with van der Waals surface area (Å²) >= 11 is 1.90. The number of thioether (sulfide) groups is 1. The molecule has 0 aliphatic carbocycles. The number of likely N-dealkylation sites (tertiary alicyclic amines) is 1. The van der Waals surface area contributed by atoms with Crippen LogP contribution >= 0.6 is 11.8 Å². The normalized spacial score (nSPS) is 31.3. The fraction of sp³-hybridized carbons (Fsp3) is 0.929. The van der Waals surface area contributed by atoms with E-state index in [1.165, 1.54) is 0 Å². The fourth-order valence-electron chi connectivity index (χ4n) is 3.87. The van der Waals surface area contributed by atoms with Gasteiger partial charge >= 0.3 is 0 Å². The average Bonchev–Trinajstić information content (AvgIpc) is 2.69. The van der Waals surface area contributed by atoms with Crippen molar-refractivity contribution in [2.45, 2.75) is 24.0 Å². The van der Waals surface area contributed by atoms with Crippen LogP contribution in [0.25, 0.3) is 0 Å². The SMILES string of the molecule is COC[C@H]1CCS(=O)(=O)C12CN(C(=O)C1CCSCC1)C2. The van der Waals surface area contributed by atoms with Crippen LogP contribution in [0.5, 0.6) is 0 Å². The van der Waals surface area contributed by atoms with Crippen molar-refractivity contribution in [3.05, 3.63) is 0 Å². The highest BCUT2D eigenvalue weighted by molar-refractivity contribution is 7.99. The van der Waals surface area contributed by atoms with Gasteiger partial charge in [0.25, 0.3) is 0 Å². The minimum atomic E-state index is -3.10. The van der Waals surface area contributed by atoms with Crippen molar-refractivity contribution >= 4 is 27.5 Å². The highest BCUT2D eigenvalue weighted by Crippen LogP contribution is 2.45. The Labute approximate surface area is 130 Å². The van der Waals surface area contributed by atoms with Crippen molar-refractivity contribution < 1.29 is 17.9 Å². The topological polar surface area (TPSA) is 63.7 Å². The molecule has 3 rings (SSSR count). The molecule has 21 heavy (non-hydrogen) atoms. The molecular weight excluding hydrogens is 310 g/mol. The highest BCUT2D eigenvalue weighted by Gasteiger charge is 2.62. The van der Waals surface area contributed by atoms with E-state index in [0.29, 0.717) is 26.1 Å². The van der Waals surface area contributed by atoms with Crippen LogP contribution in [0, 0.1) is 11.8 Å². The summed E-state index contributed by atoms with van der Waals surface area (Å²) in [7, 11) is -1.49. The maximum Gasteiger partial charge on any atom is 0.225 e. The molecule has 0 N–H and O–H groups in total. The zero-order valence-corrected chi connectivity index (χ0v) is 14.0. The molecule has 0 aromatic carbocycles. The number of nitrogens with zero attached hydrogens (tertiary/aromatic N) is 1. The minimum absolute atomic E-state index is 0.0402. The van der Waals surface area contributed by atoms with E-state index >= 15 is 0 Å². The molecule has 0 radical (unpaired) electrons. The van der Waals surface area contributed by atoms with Crippen LogP contribution in [0.4, 0.5) is 0 Å². The Morgan fingerprint density at radius 3 is 2.57 bits per heavy atom. The molecule has 3 fully saturated rings. The number of amides is 1. The summed E-state index contributed by atoms with van der Waals surface area (Å²) in [5.74, 6) is 2.63. The monoisotopic (exact) mass is 333 g/mol. The second-order valence-corrected chi connectivity index (χ2v) is 10.1. The second kappa shape index (κ2) is 5.74. The van der Waals surface area contributed by atoms with E-state index in [4.69, 9.17) is 4.74 Å². The summed E-state index contributed by atoms with van der Waals surface area (Å²) < 4.78 is 29.3. The predicted octanol–water partition coefficient (Wildman–Crippen LogP) is 0.792. The summed E-state index contributed by atoms with van der Waals surface area (Å²) in [5, 5.41) is 0. The third kappa shape index (κ3) is 2.51. The van der Waals surface area contributed by atoms with E-state index in [1.54, 1.807) is 12.0 Å². The predicted molar refractivity (Wildman–Crippen MR) is 83.1 cm³/mol. The minimum Gasteiger partial charge on any atom is -0.384 e. The quantitative estimate of drug-likeness (QED) is 0.764. The third-order valence-corrected chi connectivity index (χ3v) is 8.92. The fourth-order valence-corrected chi connectivity index (χ4v) is 7.37.